The first-order valence-corrected chi connectivity index (χ1v) is 14.1. The number of fused-ring (bicyclic) bond motifs is 1. The van der Waals surface area contributed by atoms with Gasteiger partial charge in [0.05, 0.1) is 0 Å². The fraction of sp³-hybridized carbons (Fsp3) is 0.364. The molecule has 2 fully saturated rings. The maximum absolute atomic E-state index is 13.0. The highest BCUT2D eigenvalue weighted by Gasteiger charge is 2.58. The molecule has 37 heavy (non-hydrogen) atoms. The summed E-state index contributed by atoms with van der Waals surface area (Å²) in [6.45, 7) is 0.517. The molecule has 4 rings (SSSR count). The van der Waals surface area contributed by atoms with Gasteiger partial charge in [0.15, 0.2) is 5.71 Å². The first kappa shape index (κ1) is 27.0. The Morgan fingerprint density at radius 2 is 2.16 bits per heavy atom. The minimum Gasteiger partial charge on any atom is -0.480 e. The molecule has 0 radical (unpaired) electrons. The molecule has 2 aromatic rings. The number of hydrogen-bond donors (Lipinski definition) is 5. The molecule has 3 atom stereocenters. The summed E-state index contributed by atoms with van der Waals surface area (Å²) in [6, 6.07) is 5.48. The van der Waals surface area contributed by atoms with Crippen LogP contribution >= 0.6 is 35.3 Å². The van der Waals surface area contributed by atoms with Crippen molar-refractivity contribution >= 4 is 64.6 Å². The largest absolute Gasteiger partial charge is 0.480 e. The van der Waals surface area contributed by atoms with Gasteiger partial charge in [-0.25, -0.2) is 4.98 Å². The second-order valence-electron chi connectivity index (χ2n) is 8.24. The SMILES string of the molecule is NCCSCc1ccncc1SC1(C(=O)O)CS[C@@H]2[C@H](NC(=O)/C(=N\O)c3cccc(N)n3)C(=O)N2C1. The van der Waals surface area contributed by atoms with Gasteiger partial charge in [-0.05, 0) is 23.8 Å². The van der Waals surface area contributed by atoms with Gasteiger partial charge in [-0.2, -0.15) is 11.8 Å². The Balaban J connectivity index is 1.45. The number of oxime groups is 1. The topological polar surface area (TPSA) is 197 Å². The van der Waals surface area contributed by atoms with Crippen molar-refractivity contribution in [2.75, 3.05) is 30.3 Å². The van der Waals surface area contributed by atoms with E-state index in [-0.39, 0.29) is 29.5 Å². The first-order chi connectivity index (χ1) is 17.8. The second-order valence-corrected chi connectivity index (χ2v) is 11.9. The average molecular weight is 564 g/mol. The van der Waals surface area contributed by atoms with Crippen LogP contribution in [0.5, 0.6) is 0 Å². The third-order valence-electron chi connectivity index (χ3n) is 5.75. The number of pyridine rings is 2. The van der Waals surface area contributed by atoms with Crippen molar-refractivity contribution in [3.63, 3.8) is 0 Å². The molecule has 1 unspecified atom stereocenters. The van der Waals surface area contributed by atoms with Crippen molar-refractivity contribution < 1.29 is 24.7 Å². The van der Waals surface area contributed by atoms with Gasteiger partial charge in [0.1, 0.15) is 27.7 Å². The summed E-state index contributed by atoms with van der Waals surface area (Å²) >= 11 is 4.11. The van der Waals surface area contributed by atoms with Gasteiger partial charge in [-0.1, -0.05) is 11.2 Å². The second kappa shape index (κ2) is 11.6. The summed E-state index contributed by atoms with van der Waals surface area (Å²) < 4.78 is -1.29. The molecule has 0 saturated carbocycles. The molecule has 0 bridgehead atoms. The van der Waals surface area contributed by atoms with Crippen LogP contribution in [0.15, 0.2) is 46.7 Å². The predicted octanol–water partition coefficient (Wildman–Crippen LogP) is 0.445. The smallest absolute Gasteiger partial charge is 0.322 e. The van der Waals surface area contributed by atoms with Crippen LogP contribution in [0.3, 0.4) is 0 Å². The fourth-order valence-electron chi connectivity index (χ4n) is 3.89. The van der Waals surface area contributed by atoms with Crippen molar-refractivity contribution in [3.8, 4) is 0 Å². The van der Waals surface area contributed by atoms with Crippen molar-refractivity contribution in [2.24, 2.45) is 10.9 Å². The number of aliphatic carboxylic acids is 1. The molecular weight excluding hydrogens is 538 g/mol. The molecule has 0 aromatic carbocycles. The Morgan fingerprint density at radius 1 is 1.35 bits per heavy atom. The number of carbonyl (C=O) groups is 3. The number of nitrogens with two attached hydrogens (primary N) is 2. The number of nitrogen functional groups attached to an aromatic ring is 1. The average Bonchev–Trinajstić information content (AvgIpc) is 2.89. The van der Waals surface area contributed by atoms with Crippen molar-refractivity contribution in [3.05, 3.63) is 47.9 Å². The molecule has 12 nitrogen and oxygen atoms in total. The van der Waals surface area contributed by atoms with Gasteiger partial charge in [0, 0.05) is 47.6 Å². The van der Waals surface area contributed by atoms with Crippen molar-refractivity contribution in [1.82, 2.24) is 20.2 Å². The summed E-state index contributed by atoms with van der Waals surface area (Å²) in [7, 11) is 0. The zero-order chi connectivity index (χ0) is 26.6. The monoisotopic (exact) mass is 563 g/mol. The molecule has 2 amide bonds. The molecule has 7 N–H and O–H groups in total. The number of carboxylic acid groups (broad SMARTS) is 1. The molecule has 2 saturated heterocycles. The van der Waals surface area contributed by atoms with Gasteiger partial charge in [0.25, 0.3) is 5.91 Å². The standard InChI is InChI=1S/C22H25N7O5S3/c23-5-7-35-9-12-4-6-25-8-14(12)37-22(21(32)33)10-29-19(31)17(20(29)36-11-22)27-18(30)16(28-34)13-2-1-3-15(24)26-13/h1-4,6,8,17,20,34H,5,7,9-11,23H2,(H2,24,26)(H,27,30)(H,32,33)/b28-16-/t17-,20-,22?/m1/s1. The maximum Gasteiger partial charge on any atom is 0.322 e. The molecule has 4 heterocycles. The molecule has 2 aliphatic rings. The van der Waals surface area contributed by atoms with Crippen LogP contribution in [0.4, 0.5) is 5.82 Å². The lowest BCUT2D eigenvalue weighted by Crippen LogP contribution is -2.74. The van der Waals surface area contributed by atoms with Crippen molar-refractivity contribution in [1.29, 1.82) is 0 Å². The number of carboxylic acids is 1. The lowest BCUT2D eigenvalue weighted by Gasteiger charge is -2.53. The van der Waals surface area contributed by atoms with E-state index in [0.717, 1.165) is 16.2 Å². The van der Waals surface area contributed by atoms with Crippen LogP contribution in [-0.4, -0.2) is 89.4 Å². The number of nitrogens with zero attached hydrogens (tertiary/aromatic N) is 4. The molecule has 2 aromatic heterocycles. The van der Waals surface area contributed by atoms with Gasteiger partial charge in [0.2, 0.25) is 5.91 Å². The normalized spacial score (nSPS) is 23.2. The number of amides is 2. The summed E-state index contributed by atoms with van der Waals surface area (Å²) in [5, 5.41) is 24.7. The Labute approximate surface area is 225 Å². The van der Waals surface area contributed by atoms with Crippen molar-refractivity contribution in [2.45, 2.75) is 26.8 Å². The van der Waals surface area contributed by atoms with Gasteiger partial charge >= 0.3 is 5.97 Å². The van der Waals surface area contributed by atoms with Gasteiger partial charge in [-0.15, -0.1) is 23.5 Å². The van der Waals surface area contributed by atoms with E-state index in [4.69, 9.17) is 11.5 Å². The Bertz CT molecular complexity index is 1230. The zero-order valence-electron chi connectivity index (χ0n) is 19.4. The number of carbonyl (C=O) groups excluding carboxylic acids is 2. The highest BCUT2D eigenvalue weighted by molar-refractivity contribution is 8.05. The van der Waals surface area contributed by atoms with Gasteiger partial charge < -0.3 is 32.0 Å². The van der Waals surface area contributed by atoms with Crippen LogP contribution in [0.25, 0.3) is 0 Å². The molecule has 0 spiro atoms. The van der Waals surface area contributed by atoms with E-state index in [1.807, 2.05) is 6.07 Å². The number of β-lactam (4-membered cyclic amide) rings is 1. The van der Waals surface area contributed by atoms with E-state index in [1.54, 1.807) is 30.2 Å². The first-order valence-electron chi connectivity index (χ1n) is 11.1. The number of nitrogens with one attached hydrogen (secondary N) is 1. The van der Waals surface area contributed by atoms with E-state index < -0.39 is 33.9 Å². The van der Waals surface area contributed by atoms with Gasteiger partial charge in [-0.3, -0.25) is 19.4 Å². The zero-order valence-corrected chi connectivity index (χ0v) is 21.9. The van der Waals surface area contributed by atoms with E-state index in [1.165, 1.54) is 40.6 Å². The van der Waals surface area contributed by atoms with E-state index >= 15 is 0 Å². The lowest BCUT2D eigenvalue weighted by atomic mass is 10.0. The number of aromatic nitrogens is 2. The number of thioether (sulfide) groups is 3. The minimum atomic E-state index is -1.29. The molecule has 2 aliphatic heterocycles. The van der Waals surface area contributed by atoms with Crippen LogP contribution in [0.1, 0.15) is 11.3 Å². The summed E-state index contributed by atoms with van der Waals surface area (Å²) in [5.74, 6) is -0.456. The van der Waals surface area contributed by atoms with E-state index in [2.05, 4.69) is 20.4 Å². The summed E-state index contributed by atoms with van der Waals surface area (Å²) in [4.78, 5) is 48.5. The summed E-state index contributed by atoms with van der Waals surface area (Å²) in [5.41, 5.74) is 11.8. The number of hydrogen-bond acceptors (Lipinski definition) is 12. The third-order valence-corrected chi connectivity index (χ3v) is 9.93. The van der Waals surface area contributed by atoms with Crippen LogP contribution < -0.4 is 16.8 Å². The third kappa shape index (κ3) is 5.63. The molecule has 196 valence electrons. The Hall–Kier alpha value is -3.01. The molecule has 0 aliphatic carbocycles. The quantitative estimate of drug-likeness (QED) is 0.0881. The summed E-state index contributed by atoms with van der Waals surface area (Å²) in [6.07, 6.45) is 3.31. The Kier molecular flexibility index (Phi) is 8.46. The number of rotatable bonds is 10. The predicted molar refractivity (Wildman–Crippen MR) is 143 cm³/mol. The lowest BCUT2D eigenvalue weighted by molar-refractivity contribution is -0.151. The van der Waals surface area contributed by atoms with E-state index in [9.17, 15) is 24.7 Å². The van der Waals surface area contributed by atoms with E-state index in [0.29, 0.717) is 12.3 Å². The molecular formula is C22H25N7O5S3. The van der Waals surface area contributed by atoms with Crippen LogP contribution in [0, 0.1) is 0 Å². The molecule has 15 heteroatoms. The minimum absolute atomic E-state index is 0.0299. The highest BCUT2D eigenvalue weighted by atomic mass is 32.2. The Morgan fingerprint density at radius 3 is 2.86 bits per heavy atom. The maximum atomic E-state index is 13.0. The van der Waals surface area contributed by atoms with Crippen LogP contribution in [-0.2, 0) is 20.1 Å². The fourth-order valence-corrected chi connectivity index (χ4v) is 7.69. The highest BCUT2D eigenvalue weighted by Crippen LogP contribution is 2.47. The number of anilines is 1. The van der Waals surface area contributed by atoms with Crippen LogP contribution in [0.2, 0.25) is 0 Å².